The van der Waals surface area contributed by atoms with E-state index < -0.39 is 10.0 Å². The second-order valence-electron chi connectivity index (χ2n) is 6.35. The fourth-order valence-corrected chi connectivity index (χ4v) is 4.97. The van der Waals surface area contributed by atoms with Gasteiger partial charge in [0.25, 0.3) is 0 Å². The molecule has 0 spiro atoms. The normalized spacial score (nSPS) is 18.5. The molecule has 0 radical (unpaired) electrons. The number of hydrogen-bond acceptors (Lipinski definition) is 6. The van der Waals surface area contributed by atoms with Crippen LogP contribution in [-0.4, -0.2) is 41.0 Å². The van der Waals surface area contributed by atoms with E-state index in [4.69, 9.17) is 16.0 Å². The molecule has 27 heavy (non-hydrogen) atoms. The summed E-state index contributed by atoms with van der Waals surface area (Å²) < 4.78 is 33.1. The first-order chi connectivity index (χ1) is 13.0. The third-order valence-electron chi connectivity index (χ3n) is 4.52. The van der Waals surface area contributed by atoms with Crippen molar-refractivity contribution in [1.82, 2.24) is 19.5 Å². The summed E-state index contributed by atoms with van der Waals surface area (Å²) in [4.78, 5) is 4.23. The smallest absolute Gasteiger partial charge is 0.249 e. The molecule has 0 aliphatic carbocycles. The highest BCUT2D eigenvalue weighted by atomic mass is 35.5. The molecule has 1 atom stereocenters. The highest BCUT2D eigenvalue weighted by Crippen LogP contribution is 2.31. The molecule has 0 unspecified atom stereocenters. The van der Waals surface area contributed by atoms with E-state index in [0.717, 1.165) is 18.4 Å². The molecule has 0 N–H and O–H groups in total. The molecule has 1 aliphatic rings. The maximum atomic E-state index is 12.9. The SMILES string of the molecule is O=S(=O)(c1cccc(Cl)c1)N1CCC[C@@H](c2nnc(-c3cccnc3)o2)C1. The molecule has 140 valence electrons. The monoisotopic (exact) mass is 404 g/mol. The van der Waals surface area contributed by atoms with Crippen molar-refractivity contribution in [3.05, 3.63) is 59.7 Å². The summed E-state index contributed by atoms with van der Waals surface area (Å²) in [6.07, 6.45) is 4.82. The Morgan fingerprint density at radius 3 is 2.85 bits per heavy atom. The minimum Gasteiger partial charge on any atom is -0.420 e. The first-order valence-corrected chi connectivity index (χ1v) is 10.4. The second-order valence-corrected chi connectivity index (χ2v) is 8.72. The van der Waals surface area contributed by atoms with Crippen molar-refractivity contribution in [1.29, 1.82) is 0 Å². The first-order valence-electron chi connectivity index (χ1n) is 8.53. The van der Waals surface area contributed by atoms with Crippen molar-refractivity contribution in [2.24, 2.45) is 0 Å². The van der Waals surface area contributed by atoms with Gasteiger partial charge < -0.3 is 4.42 Å². The van der Waals surface area contributed by atoms with E-state index in [1.165, 1.54) is 10.4 Å². The van der Waals surface area contributed by atoms with Crippen molar-refractivity contribution >= 4 is 21.6 Å². The van der Waals surface area contributed by atoms with Gasteiger partial charge in [0, 0.05) is 30.5 Å². The van der Waals surface area contributed by atoms with E-state index in [-0.39, 0.29) is 10.8 Å². The Kier molecular flexibility index (Phi) is 4.94. The Balaban J connectivity index is 1.56. The van der Waals surface area contributed by atoms with Crippen LogP contribution in [0.3, 0.4) is 0 Å². The number of benzene rings is 1. The van der Waals surface area contributed by atoms with Crippen LogP contribution < -0.4 is 0 Å². The van der Waals surface area contributed by atoms with Gasteiger partial charge >= 0.3 is 0 Å². The van der Waals surface area contributed by atoms with Crippen molar-refractivity contribution in [3.63, 3.8) is 0 Å². The van der Waals surface area contributed by atoms with Gasteiger partial charge in [0.05, 0.1) is 16.4 Å². The van der Waals surface area contributed by atoms with Gasteiger partial charge in [-0.15, -0.1) is 10.2 Å². The fourth-order valence-electron chi connectivity index (χ4n) is 3.14. The number of halogens is 1. The van der Waals surface area contributed by atoms with E-state index in [9.17, 15) is 8.42 Å². The van der Waals surface area contributed by atoms with E-state index in [1.54, 1.807) is 36.7 Å². The number of rotatable bonds is 4. The number of nitrogens with zero attached hydrogens (tertiary/aromatic N) is 4. The predicted molar refractivity (Wildman–Crippen MR) is 99.7 cm³/mol. The molecule has 1 saturated heterocycles. The van der Waals surface area contributed by atoms with Crippen LogP contribution in [0.1, 0.15) is 24.7 Å². The van der Waals surface area contributed by atoms with Crippen LogP contribution in [0.5, 0.6) is 0 Å². The Bertz CT molecular complexity index is 1040. The van der Waals surface area contributed by atoms with Crippen LogP contribution in [0.2, 0.25) is 5.02 Å². The third-order valence-corrected chi connectivity index (χ3v) is 6.61. The van der Waals surface area contributed by atoms with Crippen LogP contribution >= 0.6 is 11.6 Å². The van der Waals surface area contributed by atoms with Gasteiger partial charge in [-0.1, -0.05) is 17.7 Å². The summed E-state index contributed by atoms with van der Waals surface area (Å²) in [6.45, 7) is 0.748. The standard InChI is InChI=1S/C18H17ClN4O3S/c19-15-6-1-7-16(10-15)27(24,25)23-9-3-5-14(12-23)18-22-21-17(26-18)13-4-2-8-20-11-13/h1-2,4,6-8,10-11,14H,3,5,9,12H2/t14-/m1/s1. The Hall–Kier alpha value is -2.29. The highest BCUT2D eigenvalue weighted by molar-refractivity contribution is 7.89. The summed E-state index contributed by atoms with van der Waals surface area (Å²) in [5.74, 6) is 0.679. The van der Waals surface area contributed by atoms with Gasteiger partial charge in [-0.25, -0.2) is 8.42 Å². The molecule has 7 nitrogen and oxygen atoms in total. The van der Waals surface area contributed by atoms with Gasteiger partial charge in [-0.05, 0) is 43.2 Å². The van der Waals surface area contributed by atoms with Gasteiger partial charge in [0.15, 0.2) is 0 Å². The zero-order valence-corrected chi connectivity index (χ0v) is 15.9. The van der Waals surface area contributed by atoms with Crippen molar-refractivity contribution in [2.45, 2.75) is 23.7 Å². The number of hydrogen-bond donors (Lipinski definition) is 0. The molecular weight excluding hydrogens is 388 g/mol. The van der Waals surface area contributed by atoms with Gasteiger partial charge in [0.2, 0.25) is 21.8 Å². The molecule has 2 aromatic heterocycles. The Labute approximate surface area is 162 Å². The lowest BCUT2D eigenvalue weighted by Gasteiger charge is -2.30. The summed E-state index contributed by atoms with van der Waals surface area (Å²) in [5, 5.41) is 8.60. The lowest BCUT2D eigenvalue weighted by atomic mass is 10.00. The highest BCUT2D eigenvalue weighted by Gasteiger charge is 2.33. The van der Waals surface area contributed by atoms with E-state index in [1.807, 2.05) is 6.07 Å². The number of aromatic nitrogens is 3. The number of sulfonamides is 1. The molecule has 1 fully saturated rings. The molecule has 0 saturated carbocycles. The summed E-state index contributed by atoms with van der Waals surface area (Å²) >= 11 is 5.95. The minimum absolute atomic E-state index is 0.148. The lowest BCUT2D eigenvalue weighted by Crippen LogP contribution is -2.39. The molecule has 0 bridgehead atoms. The minimum atomic E-state index is -3.62. The summed E-state index contributed by atoms with van der Waals surface area (Å²) in [6, 6.07) is 9.93. The molecule has 3 heterocycles. The van der Waals surface area contributed by atoms with Crippen molar-refractivity contribution < 1.29 is 12.8 Å². The number of piperidine rings is 1. The van der Waals surface area contributed by atoms with Gasteiger partial charge in [0.1, 0.15) is 0 Å². The van der Waals surface area contributed by atoms with E-state index in [2.05, 4.69) is 15.2 Å². The summed E-state index contributed by atoms with van der Waals surface area (Å²) in [7, 11) is -3.62. The Morgan fingerprint density at radius 1 is 1.19 bits per heavy atom. The summed E-state index contributed by atoms with van der Waals surface area (Å²) in [5.41, 5.74) is 0.732. The van der Waals surface area contributed by atoms with Gasteiger partial charge in [-0.2, -0.15) is 4.31 Å². The first kappa shape index (κ1) is 18.1. The molecule has 1 aromatic carbocycles. The maximum Gasteiger partial charge on any atom is 0.249 e. The average Bonchev–Trinajstić information content (AvgIpc) is 3.19. The van der Waals surface area contributed by atoms with Crippen LogP contribution in [0.15, 0.2) is 58.1 Å². The molecule has 1 aliphatic heterocycles. The lowest BCUT2D eigenvalue weighted by molar-refractivity contribution is 0.286. The predicted octanol–water partition coefficient (Wildman–Crippen LogP) is 3.35. The zero-order valence-electron chi connectivity index (χ0n) is 14.3. The Morgan fingerprint density at radius 2 is 2.07 bits per heavy atom. The topological polar surface area (TPSA) is 89.2 Å². The largest absolute Gasteiger partial charge is 0.420 e. The molecule has 4 rings (SSSR count). The second kappa shape index (κ2) is 7.38. The zero-order chi connectivity index (χ0) is 18.9. The van der Waals surface area contributed by atoms with E-state index in [0.29, 0.717) is 29.9 Å². The quantitative estimate of drug-likeness (QED) is 0.662. The van der Waals surface area contributed by atoms with Crippen molar-refractivity contribution in [2.75, 3.05) is 13.1 Å². The van der Waals surface area contributed by atoms with Crippen molar-refractivity contribution in [3.8, 4) is 11.5 Å². The van der Waals surface area contributed by atoms with Crippen LogP contribution in [0.4, 0.5) is 0 Å². The molecule has 9 heteroatoms. The number of pyridine rings is 1. The molecular formula is C18H17ClN4O3S. The maximum absolute atomic E-state index is 12.9. The third kappa shape index (κ3) is 3.73. The van der Waals surface area contributed by atoms with Crippen LogP contribution in [0, 0.1) is 0 Å². The van der Waals surface area contributed by atoms with Gasteiger partial charge in [-0.3, -0.25) is 4.98 Å². The van der Waals surface area contributed by atoms with Crippen LogP contribution in [0.25, 0.3) is 11.5 Å². The fraction of sp³-hybridized carbons (Fsp3) is 0.278. The average molecular weight is 405 g/mol. The van der Waals surface area contributed by atoms with Crippen LogP contribution in [-0.2, 0) is 10.0 Å². The molecule has 0 amide bonds. The van der Waals surface area contributed by atoms with E-state index >= 15 is 0 Å². The molecule has 3 aromatic rings.